The van der Waals surface area contributed by atoms with E-state index in [4.69, 9.17) is 0 Å². The molecule has 3 N–H and O–H groups in total. The summed E-state index contributed by atoms with van der Waals surface area (Å²) in [5.74, 6) is -1.59. The number of amides is 2. The highest BCUT2D eigenvalue weighted by molar-refractivity contribution is 6.05. The van der Waals surface area contributed by atoms with Crippen molar-refractivity contribution in [1.29, 1.82) is 0 Å². The van der Waals surface area contributed by atoms with Gasteiger partial charge < -0.3 is 20.4 Å². The van der Waals surface area contributed by atoms with Gasteiger partial charge in [0.1, 0.15) is 0 Å². The summed E-state index contributed by atoms with van der Waals surface area (Å²) in [6.07, 6.45) is 3.76. The first kappa shape index (κ1) is 22.6. The van der Waals surface area contributed by atoms with E-state index in [0.717, 1.165) is 11.1 Å². The highest BCUT2D eigenvalue weighted by Gasteiger charge is 2.49. The smallest absolute Gasteiger partial charge is 0.269 e. The summed E-state index contributed by atoms with van der Waals surface area (Å²) < 4.78 is 0. The van der Waals surface area contributed by atoms with Crippen molar-refractivity contribution in [1.82, 2.24) is 4.90 Å². The lowest BCUT2D eigenvalue weighted by molar-refractivity contribution is -0.385. The van der Waals surface area contributed by atoms with E-state index in [2.05, 4.69) is 5.32 Å². The first-order chi connectivity index (χ1) is 15.8. The Morgan fingerprint density at radius 1 is 1.33 bits per heavy atom. The average molecular weight is 451 g/mol. The number of nitro groups is 1. The van der Waals surface area contributed by atoms with Gasteiger partial charge in [-0.2, -0.15) is 0 Å². The lowest BCUT2D eigenvalue weighted by Gasteiger charge is -2.36. The van der Waals surface area contributed by atoms with Crippen molar-refractivity contribution in [2.45, 2.75) is 38.0 Å². The number of hydrogen-bond donors (Lipinski definition) is 3. The van der Waals surface area contributed by atoms with E-state index in [-0.39, 0.29) is 36.2 Å². The number of carbonyl (C=O) groups excluding carboxylic acids is 2. The molecule has 2 aliphatic rings. The van der Waals surface area contributed by atoms with Gasteiger partial charge in [0.05, 0.1) is 17.6 Å². The van der Waals surface area contributed by atoms with Gasteiger partial charge in [0.25, 0.3) is 11.6 Å². The first-order valence-corrected chi connectivity index (χ1v) is 10.7. The lowest BCUT2D eigenvalue weighted by Crippen LogP contribution is -2.46. The minimum absolute atomic E-state index is 0.0303. The number of carbonyl (C=O) groups is 2. The molecule has 0 saturated heterocycles. The van der Waals surface area contributed by atoms with Crippen LogP contribution in [-0.2, 0) is 28.2 Å². The van der Waals surface area contributed by atoms with Gasteiger partial charge in [0.2, 0.25) is 5.91 Å². The molecule has 3 atom stereocenters. The normalized spacial score (nSPS) is 22.6. The number of fused-ring (bicyclic) bond motifs is 2. The largest absolute Gasteiger partial charge is 0.394 e. The van der Waals surface area contributed by atoms with Crippen LogP contribution in [0.1, 0.15) is 30.0 Å². The fourth-order valence-electron chi connectivity index (χ4n) is 4.53. The summed E-state index contributed by atoms with van der Waals surface area (Å²) in [5.41, 5.74) is 0.407. The molecule has 9 heteroatoms. The quantitative estimate of drug-likeness (QED) is 0.351. The molecule has 2 aliphatic heterocycles. The Morgan fingerprint density at radius 2 is 2.06 bits per heavy atom. The van der Waals surface area contributed by atoms with E-state index in [9.17, 15) is 29.9 Å². The number of rotatable bonds is 6. The molecule has 2 aromatic rings. The molecule has 2 aromatic carbocycles. The monoisotopic (exact) mass is 451 g/mol. The molecule has 0 aromatic heterocycles. The molecular weight excluding hydrogens is 426 g/mol. The number of nitrogens with one attached hydrogen (secondary N) is 1. The minimum Gasteiger partial charge on any atom is -0.394 e. The summed E-state index contributed by atoms with van der Waals surface area (Å²) >= 11 is 0. The number of non-ortho nitro benzene ring substituents is 1. The van der Waals surface area contributed by atoms with Crippen LogP contribution in [0.25, 0.3) is 0 Å². The van der Waals surface area contributed by atoms with E-state index >= 15 is 0 Å². The third-order valence-electron chi connectivity index (χ3n) is 6.48. The molecule has 0 spiro atoms. The zero-order valence-corrected chi connectivity index (χ0v) is 18.1. The van der Waals surface area contributed by atoms with Crippen LogP contribution in [0.5, 0.6) is 0 Å². The van der Waals surface area contributed by atoms with Crippen LogP contribution in [0, 0.1) is 16.0 Å². The SMILES string of the molecule is C[C@@H](/C=C/CC(=O)N1Cc2ccccc2C[C@H]1CO)[C@]1(O)C(=O)Nc2ccc([N+](=O)[O-])cc21. The highest BCUT2D eigenvalue weighted by atomic mass is 16.6. The first-order valence-electron chi connectivity index (χ1n) is 10.7. The molecule has 9 nitrogen and oxygen atoms in total. The standard InChI is InChI=1S/C24H25N3O6/c1-15(24(31)20-12-18(27(32)33)9-10-21(20)25-23(24)30)5-4-8-22(29)26-13-17-7-3-2-6-16(17)11-19(26)14-28/h2-7,9-10,12,15,19,28,31H,8,11,13-14H2,1H3,(H,25,30)/b5-4+/t15-,19-,24+/m0/s1. The van der Waals surface area contributed by atoms with Gasteiger partial charge in [0, 0.05) is 42.3 Å². The van der Waals surface area contributed by atoms with Crippen LogP contribution in [-0.4, -0.2) is 44.5 Å². The van der Waals surface area contributed by atoms with E-state index in [1.54, 1.807) is 24.0 Å². The Balaban J connectivity index is 1.49. The molecule has 2 amide bonds. The molecule has 0 aliphatic carbocycles. The second-order valence-electron chi connectivity index (χ2n) is 8.46. The van der Waals surface area contributed by atoms with Gasteiger partial charge in [-0.3, -0.25) is 19.7 Å². The number of anilines is 1. The highest BCUT2D eigenvalue weighted by Crippen LogP contribution is 2.43. The number of nitro benzene ring substituents is 1. The van der Waals surface area contributed by atoms with Crippen molar-refractivity contribution >= 4 is 23.2 Å². The third-order valence-corrected chi connectivity index (χ3v) is 6.48. The van der Waals surface area contributed by atoms with Gasteiger partial charge in [-0.15, -0.1) is 0 Å². The zero-order valence-electron chi connectivity index (χ0n) is 18.1. The van der Waals surface area contributed by atoms with Crippen molar-refractivity contribution < 1.29 is 24.7 Å². The fourth-order valence-corrected chi connectivity index (χ4v) is 4.53. The molecule has 172 valence electrons. The molecule has 0 fully saturated rings. The van der Waals surface area contributed by atoms with Crippen molar-refractivity contribution in [2.24, 2.45) is 5.92 Å². The predicted molar refractivity (Wildman–Crippen MR) is 120 cm³/mol. The summed E-state index contributed by atoms with van der Waals surface area (Å²) in [6, 6.07) is 11.4. The topological polar surface area (TPSA) is 133 Å². The van der Waals surface area contributed by atoms with Crippen LogP contribution in [0.2, 0.25) is 0 Å². The van der Waals surface area contributed by atoms with Crippen LogP contribution in [0.4, 0.5) is 11.4 Å². The second kappa shape index (κ2) is 8.76. The number of nitrogens with zero attached hydrogens (tertiary/aromatic N) is 2. The molecule has 0 unspecified atom stereocenters. The Hall–Kier alpha value is -3.56. The van der Waals surface area contributed by atoms with Crippen LogP contribution < -0.4 is 5.32 Å². The second-order valence-corrected chi connectivity index (χ2v) is 8.46. The van der Waals surface area contributed by atoms with E-state index in [1.165, 1.54) is 18.2 Å². The minimum atomic E-state index is -1.99. The lowest BCUT2D eigenvalue weighted by atomic mass is 9.82. The Kier molecular flexibility index (Phi) is 6.01. The Labute approximate surface area is 190 Å². The molecule has 33 heavy (non-hydrogen) atoms. The molecular formula is C24H25N3O6. The summed E-state index contributed by atoms with van der Waals surface area (Å²) in [5, 5.41) is 34.6. The van der Waals surface area contributed by atoms with Crippen molar-refractivity contribution in [3.63, 3.8) is 0 Å². The van der Waals surface area contributed by atoms with Crippen LogP contribution in [0.15, 0.2) is 54.6 Å². The van der Waals surface area contributed by atoms with E-state index in [0.29, 0.717) is 18.7 Å². The van der Waals surface area contributed by atoms with Crippen molar-refractivity contribution in [3.05, 3.63) is 81.4 Å². The molecule has 0 radical (unpaired) electrons. The number of benzene rings is 2. The maximum atomic E-state index is 12.9. The summed E-state index contributed by atoms with van der Waals surface area (Å²) in [7, 11) is 0. The average Bonchev–Trinajstić information content (AvgIpc) is 3.08. The van der Waals surface area contributed by atoms with Gasteiger partial charge >= 0.3 is 0 Å². The number of aliphatic hydroxyl groups excluding tert-OH is 1. The Bertz CT molecular complexity index is 1150. The van der Waals surface area contributed by atoms with Gasteiger partial charge in [-0.05, 0) is 23.6 Å². The Morgan fingerprint density at radius 3 is 2.76 bits per heavy atom. The maximum Gasteiger partial charge on any atom is 0.269 e. The fraction of sp³-hybridized carbons (Fsp3) is 0.333. The van der Waals surface area contributed by atoms with E-state index in [1.807, 2.05) is 24.3 Å². The molecule has 0 saturated carbocycles. The van der Waals surface area contributed by atoms with Crippen molar-refractivity contribution in [2.75, 3.05) is 11.9 Å². The molecule has 2 heterocycles. The summed E-state index contributed by atoms with van der Waals surface area (Å²) in [4.78, 5) is 37.6. The zero-order chi connectivity index (χ0) is 23.8. The van der Waals surface area contributed by atoms with Crippen LogP contribution >= 0.6 is 0 Å². The van der Waals surface area contributed by atoms with Gasteiger partial charge in [0.15, 0.2) is 5.60 Å². The number of aliphatic hydroxyl groups is 2. The van der Waals surface area contributed by atoms with Gasteiger partial charge in [-0.1, -0.05) is 43.3 Å². The summed E-state index contributed by atoms with van der Waals surface area (Å²) in [6.45, 7) is 1.88. The van der Waals surface area contributed by atoms with Crippen LogP contribution in [0.3, 0.4) is 0 Å². The predicted octanol–water partition coefficient (Wildman–Crippen LogP) is 2.26. The molecule has 4 rings (SSSR count). The molecule has 0 bridgehead atoms. The van der Waals surface area contributed by atoms with E-state index < -0.39 is 22.3 Å². The maximum absolute atomic E-state index is 12.9. The third kappa shape index (κ3) is 4.01. The van der Waals surface area contributed by atoms with Crippen molar-refractivity contribution in [3.8, 4) is 0 Å². The van der Waals surface area contributed by atoms with Gasteiger partial charge in [-0.25, -0.2) is 0 Å². The number of hydrogen-bond acceptors (Lipinski definition) is 6.